The summed E-state index contributed by atoms with van der Waals surface area (Å²) in [6, 6.07) is 14.6. The first-order chi connectivity index (χ1) is 15.1. The number of carbonyl (C=O) groups is 1. The maximum absolute atomic E-state index is 12.5. The van der Waals surface area contributed by atoms with Gasteiger partial charge in [0.15, 0.2) is 0 Å². The molecular formula is C26H33N3O2. The first-order valence-corrected chi connectivity index (χ1v) is 11.5. The summed E-state index contributed by atoms with van der Waals surface area (Å²) in [5.74, 6) is 2.43. The molecule has 0 spiro atoms. The van der Waals surface area contributed by atoms with Crippen molar-refractivity contribution in [2.75, 3.05) is 19.7 Å². The number of unbranched alkanes of at least 4 members (excludes halogenated alkanes) is 1. The number of likely N-dealkylation sites (tertiary alicyclic amines) is 1. The van der Waals surface area contributed by atoms with Crippen molar-refractivity contribution in [3.05, 3.63) is 59.4 Å². The van der Waals surface area contributed by atoms with Gasteiger partial charge in [0.1, 0.15) is 11.6 Å². The standard InChI is InChI=1S/C26H33N3O2/c1-4-5-13-28-18-21(17-25(28)30)26-27-22-9-6-7-10-23(22)29(26)14-8-15-31-24-16-19(2)11-12-20(24)3/h6-7,9-12,16,21H,4-5,8,13-15,17-18H2,1-3H3. The molecule has 1 aliphatic heterocycles. The van der Waals surface area contributed by atoms with Crippen LogP contribution >= 0.6 is 0 Å². The van der Waals surface area contributed by atoms with Crippen LogP contribution in [0.25, 0.3) is 11.0 Å². The van der Waals surface area contributed by atoms with Gasteiger partial charge < -0.3 is 14.2 Å². The van der Waals surface area contributed by atoms with E-state index in [1.54, 1.807) is 0 Å². The molecule has 1 aliphatic rings. The van der Waals surface area contributed by atoms with E-state index in [4.69, 9.17) is 9.72 Å². The van der Waals surface area contributed by atoms with Crippen LogP contribution in [0.4, 0.5) is 0 Å². The Morgan fingerprint density at radius 3 is 2.77 bits per heavy atom. The first-order valence-electron chi connectivity index (χ1n) is 11.5. The number of para-hydroxylation sites is 2. The Bertz CT molecular complexity index is 1060. The number of rotatable bonds is 9. The van der Waals surface area contributed by atoms with Crippen molar-refractivity contribution in [2.24, 2.45) is 0 Å². The summed E-state index contributed by atoms with van der Waals surface area (Å²) >= 11 is 0. The van der Waals surface area contributed by atoms with Crippen LogP contribution in [0.15, 0.2) is 42.5 Å². The molecule has 2 heterocycles. The zero-order chi connectivity index (χ0) is 21.8. The number of nitrogens with zero attached hydrogens (tertiary/aromatic N) is 3. The second-order valence-electron chi connectivity index (χ2n) is 8.68. The van der Waals surface area contributed by atoms with E-state index in [-0.39, 0.29) is 11.8 Å². The molecule has 0 aliphatic carbocycles. The molecule has 1 atom stereocenters. The van der Waals surface area contributed by atoms with Crippen molar-refractivity contribution in [1.82, 2.24) is 14.5 Å². The number of carbonyl (C=O) groups excluding carboxylic acids is 1. The zero-order valence-electron chi connectivity index (χ0n) is 18.9. The van der Waals surface area contributed by atoms with Crippen LogP contribution in [0.1, 0.15) is 55.5 Å². The van der Waals surface area contributed by atoms with Crippen LogP contribution in [-0.2, 0) is 11.3 Å². The Morgan fingerprint density at radius 2 is 1.94 bits per heavy atom. The molecule has 4 rings (SSSR count). The normalized spacial score (nSPS) is 16.4. The number of benzene rings is 2. The Labute approximate surface area is 185 Å². The molecule has 0 saturated carbocycles. The molecule has 1 saturated heterocycles. The maximum Gasteiger partial charge on any atom is 0.223 e. The molecule has 0 bridgehead atoms. The highest BCUT2D eigenvalue weighted by Gasteiger charge is 2.33. The monoisotopic (exact) mass is 419 g/mol. The molecule has 1 amide bonds. The van der Waals surface area contributed by atoms with Gasteiger partial charge in [0.25, 0.3) is 0 Å². The lowest BCUT2D eigenvalue weighted by Gasteiger charge is -2.17. The van der Waals surface area contributed by atoms with Crippen LogP contribution in [-0.4, -0.2) is 40.1 Å². The molecule has 5 heteroatoms. The number of amides is 1. The highest BCUT2D eigenvalue weighted by molar-refractivity contribution is 5.80. The fourth-order valence-corrected chi connectivity index (χ4v) is 4.42. The second kappa shape index (κ2) is 9.54. The SMILES string of the molecule is CCCCN1CC(c2nc3ccccc3n2CCCOc2cc(C)ccc2C)CC1=O. The maximum atomic E-state index is 12.5. The first kappa shape index (κ1) is 21.4. The Balaban J connectivity index is 1.48. The van der Waals surface area contributed by atoms with E-state index >= 15 is 0 Å². The number of aromatic nitrogens is 2. The molecular weight excluding hydrogens is 386 g/mol. The van der Waals surface area contributed by atoms with Gasteiger partial charge in [-0.05, 0) is 56.0 Å². The molecule has 3 aromatic rings. The van der Waals surface area contributed by atoms with E-state index in [0.29, 0.717) is 13.0 Å². The van der Waals surface area contributed by atoms with Crippen LogP contribution in [0, 0.1) is 13.8 Å². The lowest BCUT2D eigenvalue weighted by Crippen LogP contribution is -2.26. The molecule has 2 aromatic carbocycles. The van der Waals surface area contributed by atoms with Gasteiger partial charge in [0.05, 0.1) is 17.6 Å². The minimum absolute atomic E-state index is 0.164. The minimum atomic E-state index is 0.164. The number of imidazole rings is 1. The average Bonchev–Trinajstić information content (AvgIpc) is 3.32. The molecule has 31 heavy (non-hydrogen) atoms. The van der Waals surface area contributed by atoms with Gasteiger partial charge in [-0.1, -0.05) is 37.6 Å². The number of aryl methyl sites for hydroxylation is 3. The smallest absolute Gasteiger partial charge is 0.223 e. The summed E-state index contributed by atoms with van der Waals surface area (Å²) in [6.07, 6.45) is 3.62. The van der Waals surface area contributed by atoms with Gasteiger partial charge >= 0.3 is 0 Å². The van der Waals surface area contributed by atoms with Crippen molar-refractivity contribution in [2.45, 2.75) is 58.9 Å². The average molecular weight is 420 g/mol. The van der Waals surface area contributed by atoms with E-state index in [2.05, 4.69) is 61.7 Å². The third-order valence-corrected chi connectivity index (χ3v) is 6.17. The van der Waals surface area contributed by atoms with Crippen LogP contribution in [0.3, 0.4) is 0 Å². The molecule has 0 N–H and O–H groups in total. The summed E-state index contributed by atoms with van der Waals surface area (Å²) in [4.78, 5) is 19.5. The van der Waals surface area contributed by atoms with Gasteiger partial charge in [0, 0.05) is 32.0 Å². The number of hydrogen-bond acceptors (Lipinski definition) is 3. The fourth-order valence-electron chi connectivity index (χ4n) is 4.42. The Morgan fingerprint density at radius 1 is 1.10 bits per heavy atom. The van der Waals surface area contributed by atoms with Crippen LogP contribution in [0.5, 0.6) is 5.75 Å². The largest absolute Gasteiger partial charge is 0.493 e. The summed E-state index contributed by atoms with van der Waals surface area (Å²) in [5.41, 5.74) is 4.52. The summed E-state index contributed by atoms with van der Waals surface area (Å²) in [7, 11) is 0. The Hall–Kier alpha value is -2.82. The highest BCUT2D eigenvalue weighted by atomic mass is 16.5. The zero-order valence-corrected chi connectivity index (χ0v) is 18.9. The summed E-state index contributed by atoms with van der Waals surface area (Å²) in [6.45, 7) is 9.46. The Kier molecular flexibility index (Phi) is 6.59. The molecule has 1 fully saturated rings. The van der Waals surface area contributed by atoms with Crippen LogP contribution < -0.4 is 4.74 Å². The molecule has 0 radical (unpaired) electrons. The molecule has 5 nitrogen and oxygen atoms in total. The van der Waals surface area contributed by atoms with E-state index in [1.807, 2.05) is 11.0 Å². The van der Waals surface area contributed by atoms with E-state index < -0.39 is 0 Å². The summed E-state index contributed by atoms with van der Waals surface area (Å²) < 4.78 is 8.38. The predicted molar refractivity (Wildman–Crippen MR) is 125 cm³/mol. The fraction of sp³-hybridized carbons (Fsp3) is 0.462. The lowest BCUT2D eigenvalue weighted by molar-refractivity contribution is -0.127. The summed E-state index contributed by atoms with van der Waals surface area (Å²) in [5, 5.41) is 0. The third-order valence-electron chi connectivity index (χ3n) is 6.17. The van der Waals surface area contributed by atoms with Crippen molar-refractivity contribution in [3.63, 3.8) is 0 Å². The van der Waals surface area contributed by atoms with E-state index in [9.17, 15) is 4.79 Å². The van der Waals surface area contributed by atoms with Gasteiger partial charge in [-0.2, -0.15) is 0 Å². The van der Waals surface area contributed by atoms with Crippen molar-refractivity contribution >= 4 is 16.9 Å². The van der Waals surface area contributed by atoms with Gasteiger partial charge in [-0.3, -0.25) is 4.79 Å². The topological polar surface area (TPSA) is 47.4 Å². The third kappa shape index (κ3) is 4.76. The second-order valence-corrected chi connectivity index (χ2v) is 8.68. The molecule has 1 unspecified atom stereocenters. The number of hydrogen-bond donors (Lipinski definition) is 0. The van der Waals surface area contributed by atoms with Crippen molar-refractivity contribution < 1.29 is 9.53 Å². The lowest BCUT2D eigenvalue weighted by atomic mass is 10.1. The number of fused-ring (bicyclic) bond motifs is 1. The van der Waals surface area contributed by atoms with Crippen molar-refractivity contribution in [3.8, 4) is 5.75 Å². The van der Waals surface area contributed by atoms with Crippen LogP contribution in [0.2, 0.25) is 0 Å². The highest BCUT2D eigenvalue weighted by Crippen LogP contribution is 2.31. The molecule has 1 aromatic heterocycles. The molecule has 164 valence electrons. The van der Waals surface area contributed by atoms with E-state index in [1.165, 1.54) is 5.56 Å². The van der Waals surface area contributed by atoms with Gasteiger partial charge in [-0.15, -0.1) is 0 Å². The van der Waals surface area contributed by atoms with Crippen molar-refractivity contribution in [1.29, 1.82) is 0 Å². The number of ether oxygens (including phenoxy) is 1. The quantitative estimate of drug-likeness (QED) is 0.446. The van der Waals surface area contributed by atoms with E-state index in [0.717, 1.165) is 67.1 Å². The predicted octanol–water partition coefficient (Wildman–Crippen LogP) is 5.24. The van der Waals surface area contributed by atoms with Gasteiger partial charge in [0.2, 0.25) is 5.91 Å². The minimum Gasteiger partial charge on any atom is -0.493 e. The van der Waals surface area contributed by atoms with Gasteiger partial charge in [-0.25, -0.2) is 4.98 Å².